The van der Waals surface area contributed by atoms with Crippen molar-refractivity contribution in [2.75, 3.05) is 19.0 Å². The fraction of sp³-hybridized carbons (Fsp3) is 0.345. The highest BCUT2D eigenvalue weighted by molar-refractivity contribution is 5.91. The van der Waals surface area contributed by atoms with Gasteiger partial charge in [0.05, 0.1) is 30.4 Å². The number of fused-ring (bicyclic) bond motifs is 1. The van der Waals surface area contributed by atoms with E-state index in [2.05, 4.69) is 26.1 Å². The number of imidazole rings is 1. The molecule has 0 aliphatic carbocycles. The smallest absolute Gasteiger partial charge is 0.164 e. The quantitative estimate of drug-likeness (QED) is 0.307. The number of hydrogen-bond acceptors (Lipinski definition) is 8. The predicted molar refractivity (Wildman–Crippen MR) is 149 cm³/mol. The van der Waals surface area contributed by atoms with Gasteiger partial charge < -0.3 is 14.8 Å². The molecule has 0 saturated carbocycles. The predicted octanol–water partition coefficient (Wildman–Crippen LogP) is 5.28. The molecular formula is C29H32N8O2. The van der Waals surface area contributed by atoms with E-state index in [1.807, 2.05) is 50.2 Å². The zero-order valence-electron chi connectivity index (χ0n) is 22.7. The topological polar surface area (TPSA) is 105 Å². The molecular weight excluding hydrogens is 492 g/mol. The van der Waals surface area contributed by atoms with E-state index in [-0.39, 0.29) is 6.23 Å². The van der Waals surface area contributed by atoms with Crippen molar-refractivity contribution < 1.29 is 9.47 Å². The van der Waals surface area contributed by atoms with Gasteiger partial charge in [0.15, 0.2) is 11.4 Å². The summed E-state index contributed by atoms with van der Waals surface area (Å²) >= 11 is 0. The number of aryl methyl sites for hydroxylation is 3. The minimum absolute atomic E-state index is 0.0778. The Morgan fingerprint density at radius 3 is 2.64 bits per heavy atom. The molecule has 0 amide bonds. The number of para-hydroxylation sites is 1. The number of rotatable bonds is 7. The molecule has 1 fully saturated rings. The third-order valence-corrected chi connectivity index (χ3v) is 6.99. The van der Waals surface area contributed by atoms with E-state index in [1.165, 1.54) is 4.80 Å². The van der Waals surface area contributed by atoms with Crippen LogP contribution in [-0.2, 0) is 18.2 Å². The zero-order chi connectivity index (χ0) is 26.9. The second-order valence-electron chi connectivity index (χ2n) is 9.86. The van der Waals surface area contributed by atoms with Crippen LogP contribution in [0.5, 0.6) is 5.75 Å². The van der Waals surface area contributed by atoms with Crippen molar-refractivity contribution in [2.45, 2.75) is 45.8 Å². The Morgan fingerprint density at radius 1 is 1.03 bits per heavy atom. The zero-order valence-corrected chi connectivity index (χ0v) is 22.7. The van der Waals surface area contributed by atoms with Gasteiger partial charge in [-0.3, -0.25) is 9.55 Å². The van der Waals surface area contributed by atoms with Crippen LogP contribution in [0.1, 0.15) is 48.4 Å². The molecule has 1 aliphatic rings. The highest BCUT2D eigenvalue weighted by Gasteiger charge is 2.24. The SMILES string of the molecule is COc1c(Nc2cc(Cc3cccc(C)n3)nc3c2nc(C)n3C2CCCCO2)cccc1-c1cnn(C)n1. The van der Waals surface area contributed by atoms with E-state index in [1.54, 1.807) is 20.4 Å². The molecule has 4 aromatic heterocycles. The van der Waals surface area contributed by atoms with E-state index in [9.17, 15) is 0 Å². The Bertz CT molecular complexity index is 1630. The lowest BCUT2D eigenvalue weighted by Crippen LogP contribution is -2.19. The number of nitrogens with one attached hydrogen (secondary N) is 1. The van der Waals surface area contributed by atoms with Gasteiger partial charge in [-0.05, 0) is 63.4 Å². The van der Waals surface area contributed by atoms with Gasteiger partial charge in [-0.25, -0.2) is 9.97 Å². The summed E-state index contributed by atoms with van der Waals surface area (Å²) in [7, 11) is 3.46. The van der Waals surface area contributed by atoms with Crippen LogP contribution in [0.15, 0.2) is 48.7 Å². The second-order valence-corrected chi connectivity index (χ2v) is 9.86. The number of benzene rings is 1. The van der Waals surface area contributed by atoms with Gasteiger partial charge in [-0.1, -0.05) is 12.1 Å². The number of methoxy groups -OCH3 is 1. The molecule has 10 nitrogen and oxygen atoms in total. The van der Waals surface area contributed by atoms with Crippen molar-refractivity contribution in [2.24, 2.45) is 7.05 Å². The number of anilines is 2. The third-order valence-electron chi connectivity index (χ3n) is 6.99. The maximum absolute atomic E-state index is 6.16. The van der Waals surface area contributed by atoms with Crippen LogP contribution in [-0.4, -0.2) is 48.2 Å². The first-order chi connectivity index (χ1) is 19.0. The number of hydrogen-bond donors (Lipinski definition) is 1. The van der Waals surface area contributed by atoms with Gasteiger partial charge in [0.25, 0.3) is 0 Å². The largest absolute Gasteiger partial charge is 0.494 e. The summed E-state index contributed by atoms with van der Waals surface area (Å²) in [5.41, 5.74) is 7.65. The normalized spacial score (nSPS) is 15.5. The van der Waals surface area contributed by atoms with Crippen LogP contribution in [0.2, 0.25) is 0 Å². The van der Waals surface area contributed by atoms with Crippen molar-refractivity contribution in [3.8, 4) is 17.0 Å². The molecule has 5 aromatic rings. The Hall–Kier alpha value is -4.31. The van der Waals surface area contributed by atoms with Crippen molar-refractivity contribution in [1.82, 2.24) is 34.5 Å². The van der Waals surface area contributed by atoms with Crippen LogP contribution < -0.4 is 10.1 Å². The van der Waals surface area contributed by atoms with Crippen LogP contribution >= 0.6 is 0 Å². The number of nitrogens with zero attached hydrogens (tertiary/aromatic N) is 7. The first kappa shape index (κ1) is 25.0. The minimum Gasteiger partial charge on any atom is -0.494 e. The third kappa shape index (κ3) is 4.95. The van der Waals surface area contributed by atoms with Gasteiger partial charge in [0.1, 0.15) is 23.3 Å². The van der Waals surface area contributed by atoms with Crippen LogP contribution in [0.3, 0.4) is 0 Å². The Balaban J connectivity index is 1.47. The van der Waals surface area contributed by atoms with Crippen molar-refractivity contribution in [3.05, 3.63) is 71.6 Å². The van der Waals surface area contributed by atoms with Gasteiger partial charge in [-0.15, -0.1) is 0 Å². The number of aromatic nitrogens is 7. The van der Waals surface area contributed by atoms with Crippen LogP contribution in [0, 0.1) is 13.8 Å². The van der Waals surface area contributed by atoms with E-state index in [0.29, 0.717) is 12.2 Å². The van der Waals surface area contributed by atoms with Crippen molar-refractivity contribution >= 4 is 22.5 Å². The number of ether oxygens (including phenoxy) is 2. The monoisotopic (exact) mass is 524 g/mol. The number of pyridine rings is 2. The average molecular weight is 525 g/mol. The summed E-state index contributed by atoms with van der Waals surface area (Å²) in [5.74, 6) is 1.55. The summed E-state index contributed by atoms with van der Waals surface area (Å²) < 4.78 is 14.2. The van der Waals surface area contributed by atoms with Gasteiger partial charge in [0, 0.05) is 37.0 Å². The molecule has 39 heavy (non-hydrogen) atoms. The molecule has 0 bridgehead atoms. The fourth-order valence-corrected chi connectivity index (χ4v) is 5.24. The minimum atomic E-state index is -0.0778. The molecule has 1 N–H and O–H groups in total. The van der Waals surface area contributed by atoms with E-state index in [4.69, 9.17) is 24.4 Å². The molecule has 0 radical (unpaired) electrons. The van der Waals surface area contributed by atoms with Crippen LogP contribution in [0.4, 0.5) is 11.4 Å². The Morgan fingerprint density at radius 2 is 1.90 bits per heavy atom. The summed E-state index contributed by atoms with van der Waals surface area (Å²) in [6.45, 7) is 4.76. The summed E-state index contributed by atoms with van der Waals surface area (Å²) in [5, 5.41) is 12.3. The molecule has 1 aromatic carbocycles. The molecule has 10 heteroatoms. The fourth-order valence-electron chi connectivity index (χ4n) is 5.24. The molecule has 1 unspecified atom stereocenters. The lowest BCUT2D eigenvalue weighted by molar-refractivity contribution is -0.0309. The second kappa shape index (κ2) is 10.5. The molecule has 200 valence electrons. The lowest BCUT2D eigenvalue weighted by Gasteiger charge is -2.25. The molecule has 0 spiro atoms. The maximum atomic E-state index is 6.16. The Kier molecular flexibility index (Phi) is 6.70. The molecule has 5 heterocycles. The average Bonchev–Trinajstić information content (AvgIpc) is 3.51. The van der Waals surface area contributed by atoms with Gasteiger partial charge in [0.2, 0.25) is 0 Å². The first-order valence-corrected chi connectivity index (χ1v) is 13.2. The molecule has 1 atom stereocenters. The first-order valence-electron chi connectivity index (χ1n) is 13.2. The van der Waals surface area contributed by atoms with E-state index >= 15 is 0 Å². The van der Waals surface area contributed by atoms with E-state index < -0.39 is 0 Å². The molecule has 1 saturated heterocycles. The maximum Gasteiger partial charge on any atom is 0.164 e. The molecule has 6 rings (SSSR count). The Labute approximate surface area is 227 Å². The summed E-state index contributed by atoms with van der Waals surface area (Å²) in [6.07, 6.45) is 5.38. The highest BCUT2D eigenvalue weighted by atomic mass is 16.5. The van der Waals surface area contributed by atoms with Gasteiger partial charge >= 0.3 is 0 Å². The van der Waals surface area contributed by atoms with Crippen molar-refractivity contribution in [1.29, 1.82) is 0 Å². The van der Waals surface area contributed by atoms with Crippen molar-refractivity contribution in [3.63, 3.8) is 0 Å². The highest BCUT2D eigenvalue weighted by Crippen LogP contribution is 2.39. The van der Waals surface area contributed by atoms with Crippen LogP contribution in [0.25, 0.3) is 22.4 Å². The van der Waals surface area contributed by atoms with Gasteiger partial charge in [-0.2, -0.15) is 15.0 Å². The molecule has 1 aliphatic heterocycles. The summed E-state index contributed by atoms with van der Waals surface area (Å²) in [4.78, 5) is 16.3. The lowest BCUT2D eigenvalue weighted by atomic mass is 10.1. The summed E-state index contributed by atoms with van der Waals surface area (Å²) in [6, 6.07) is 14.1. The van der Waals surface area contributed by atoms with E-state index in [0.717, 1.165) is 82.6 Å². The standard InChI is InChI=1S/C29H32N8O2/c1-18-9-7-10-20(31-18)15-21-16-24(27-29(33-21)37(19(2)32-27)26-13-5-6-14-39-26)34-23-12-8-11-22(28(23)38-4)25-17-30-36(3)35-25/h7-12,16-17,26H,5-6,13-15H2,1-4H3,(H,33,34).